The first-order chi connectivity index (χ1) is 10.4. The Labute approximate surface area is 128 Å². The minimum absolute atomic E-state index is 0.0854. The number of carbonyl (C=O) groups excluding carboxylic acids is 1. The second-order valence-corrected chi connectivity index (χ2v) is 8.00. The Balaban J connectivity index is 1.85. The molecule has 118 valence electrons. The topological polar surface area (TPSA) is 97.6 Å². The predicted molar refractivity (Wildman–Crippen MR) is 78.4 cm³/mol. The minimum atomic E-state index is -3.21. The third kappa shape index (κ3) is 2.83. The lowest BCUT2D eigenvalue weighted by molar-refractivity contribution is -0.497. The molecule has 1 heterocycles. The van der Waals surface area contributed by atoms with Crippen molar-refractivity contribution < 1.29 is 18.1 Å². The van der Waals surface area contributed by atoms with Crippen molar-refractivity contribution in [3.05, 3.63) is 46.0 Å². The Bertz CT molecular complexity index is 703. The van der Waals surface area contributed by atoms with Crippen molar-refractivity contribution >= 4 is 15.7 Å². The van der Waals surface area contributed by atoms with Crippen LogP contribution in [-0.4, -0.2) is 48.2 Å². The summed E-state index contributed by atoms with van der Waals surface area (Å²) in [5, 5.41) is 10.8. The summed E-state index contributed by atoms with van der Waals surface area (Å²) in [6.07, 6.45) is 0.247. The summed E-state index contributed by atoms with van der Waals surface area (Å²) in [5.74, 6) is -1.12. The van der Waals surface area contributed by atoms with Crippen LogP contribution >= 0.6 is 0 Å². The number of hydrogen-bond donors (Lipinski definition) is 0. The van der Waals surface area contributed by atoms with Crippen LogP contribution < -0.4 is 0 Å². The Morgan fingerprint density at radius 2 is 1.95 bits per heavy atom. The van der Waals surface area contributed by atoms with Crippen LogP contribution in [0.1, 0.15) is 18.0 Å². The molecule has 0 unspecified atom stereocenters. The molecule has 0 N–H and O–H groups in total. The number of amides is 1. The highest BCUT2D eigenvalue weighted by atomic mass is 32.2. The Hall–Kier alpha value is -1.96. The smallest absolute Gasteiger partial charge is 0.233 e. The largest absolute Gasteiger partial charge is 0.333 e. The Morgan fingerprint density at radius 3 is 2.55 bits per heavy atom. The highest BCUT2D eigenvalue weighted by molar-refractivity contribution is 7.91. The van der Waals surface area contributed by atoms with E-state index in [-0.39, 0.29) is 30.4 Å². The number of nitro groups is 1. The summed E-state index contributed by atoms with van der Waals surface area (Å²) in [6, 6.07) is 7.58. The summed E-state index contributed by atoms with van der Waals surface area (Å²) in [5.41, 5.74) is 0.748. The quantitative estimate of drug-likeness (QED) is 0.600. The third-order valence-corrected chi connectivity index (χ3v) is 5.87. The molecule has 0 radical (unpaired) electrons. The van der Waals surface area contributed by atoms with E-state index in [1.807, 2.05) is 6.07 Å². The van der Waals surface area contributed by atoms with Crippen LogP contribution in [0.3, 0.4) is 0 Å². The van der Waals surface area contributed by atoms with E-state index in [4.69, 9.17) is 0 Å². The van der Waals surface area contributed by atoms with Crippen molar-refractivity contribution in [1.29, 1.82) is 0 Å². The van der Waals surface area contributed by atoms with Gasteiger partial charge in [0.2, 0.25) is 11.9 Å². The number of benzene rings is 1. The zero-order chi connectivity index (χ0) is 15.9. The van der Waals surface area contributed by atoms with E-state index in [9.17, 15) is 23.3 Å². The fourth-order valence-electron chi connectivity index (χ4n) is 2.92. The standard InChI is InChI=1S/C14H16N2O5S/c17-14(11-8-12(11)16(18)19)15-6-7-22(20,21)9-13(15)10-4-2-1-3-5-10/h1-5,11-13H,6-9H2/t11-,12+,13-/m1/s1. The first-order valence-corrected chi connectivity index (χ1v) is 8.90. The molecule has 1 saturated carbocycles. The van der Waals surface area contributed by atoms with Crippen LogP contribution in [0.5, 0.6) is 0 Å². The van der Waals surface area contributed by atoms with Crippen molar-refractivity contribution in [2.24, 2.45) is 5.92 Å². The number of sulfone groups is 1. The van der Waals surface area contributed by atoms with Crippen molar-refractivity contribution in [3.63, 3.8) is 0 Å². The van der Waals surface area contributed by atoms with Gasteiger partial charge in [-0.3, -0.25) is 14.9 Å². The van der Waals surface area contributed by atoms with Gasteiger partial charge in [0.25, 0.3) is 0 Å². The molecule has 1 aliphatic heterocycles. The molecule has 1 saturated heterocycles. The summed E-state index contributed by atoms with van der Waals surface area (Å²) in [6.45, 7) is 0.0989. The molecule has 22 heavy (non-hydrogen) atoms. The fourth-order valence-corrected chi connectivity index (χ4v) is 4.41. The summed E-state index contributed by atoms with van der Waals surface area (Å²) in [7, 11) is -3.21. The highest BCUT2D eigenvalue weighted by Crippen LogP contribution is 2.38. The molecule has 1 aromatic carbocycles. The lowest BCUT2D eigenvalue weighted by Crippen LogP contribution is -2.47. The molecule has 0 aromatic heterocycles. The average molecular weight is 324 g/mol. The van der Waals surface area contributed by atoms with E-state index in [0.717, 1.165) is 5.56 Å². The summed E-state index contributed by atoms with van der Waals surface area (Å²) < 4.78 is 23.8. The number of hydrogen-bond acceptors (Lipinski definition) is 5. The second kappa shape index (κ2) is 5.35. The van der Waals surface area contributed by atoms with Gasteiger partial charge in [-0.05, 0) is 5.56 Å². The van der Waals surface area contributed by atoms with Gasteiger partial charge < -0.3 is 4.90 Å². The molecule has 8 heteroatoms. The zero-order valence-electron chi connectivity index (χ0n) is 11.8. The maximum Gasteiger partial charge on any atom is 0.233 e. The van der Waals surface area contributed by atoms with Gasteiger partial charge in [-0.15, -0.1) is 0 Å². The number of rotatable bonds is 3. The molecule has 0 spiro atoms. The maximum absolute atomic E-state index is 12.5. The molecular formula is C14H16N2O5S. The van der Waals surface area contributed by atoms with Gasteiger partial charge in [0.1, 0.15) is 5.92 Å². The first kappa shape index (κ1) is 15.0. The summed E-state index contributed by atoms with van der Waals surface area (Å²) in [4.78, 5) is 24.3. The van der Waals surface area contributed by atoms with E-state index in [0.29, 0.717) is 0 Å². The van der Waals surface area contributed by atoms with Gasteiger partial charge >= 0.3 is 0 Å². The van der Waals surface area contributed by atoms with E-state index in [1.165, 1.54) is 4.90 Å². The SMILES string of the molecule is O=C([C@@H]1C[C@@H]1[N+](=O)[O-])N1CCS(=O)(=O)C[C@@H]1c1ccccc1. The van der Waals surface area contributed by atoms with Crippen LogP contribution in [0.25, 0.3) is 0 Å². The molecule has 3 rings (SSSR count). The van der Waals surface area contributed by atoms with Crippen LogP contribution in [-0.2, 0) is 14.6 Å². The van der Waals surface area contributed by atoms with Gasteiger partial charge in [-0.2, -0.15) is 0 Å². The van der Waals surface area contributed by atoms with E-state index >= 15 is 0 Å². The van der Waals surface area contributed by atoms with Crippen molar-refractivity contribution in [2.45, 2.75) is 18.5 Å². The van der Waals surface area contributed by atoms with Gasteiger partial charge in [0, 0.05) is 17.9 Å². The lowest BCUT2D eigenvalue weighted by Gasteiger charge is -2.35. The molecule has 2 aliphatic rings. The van der Waals surface area contributed by atoms with Crippen LogP contribution in [0.4, 0.5) is 0 Å². The average Bonchev–Trinajstić information content (AvgIpc) is 3.27. The molecule has 0 bridgehead atoms. The maximum atomic E-state index is 12.5. The van der Waals surface area contributed by atoms with Crippen LogP contribution in [0, 0.1) is 16.0 Å². The highest BCUT2D eigenvalue weighted by Gasteiger charge is 2.56. The lowest BCUT2D eigenvalue weighted by atomic mass is 10.1. The zero-order valence-corrected chi connectivity index (χ0v) is 12.6. The van der Waals surface area contributed by atoms with Crippen LogP contribution in [0.2, 0.25) is 0 Å². The molecule has 1 aromatic rings. The van der Waals surface area contributed by atoms with Gasteiger partial charge in [0.05, 0.1) is 17.5 Å². The van der Waals surface area contributed by atoms with Gasteiger partial charge in [-0.25, -0.2) is 8.42 Å². The summed E-state index contributed by atoms with van der Waals surface area (Å²) >= 11 is 0. The molecule has 3 atom stereocenters. The van der Waals surface area contributed by atoms with Crippen molar-refractivity contribution in [2.75, 3.05) is 18.1 Å². The van der Waals surface area contributed by atoms with Crippen molar-refractivity contribution in [1.82, 2.24) is 4.90 Å². The third-order valence-electron chi connectivity index (χ3n) is 4.24. The van der Waals surface area contributed by atoms with E-state index < -0.39 is 32.8 Å². The first-order valence-electron chi connectivity index (χ1n) is 7.08. The minimum Gasteiger partial charge on any atom is -0.333 e. The predicted octanol–water partition coefficient (Wildman–Crippen LogP) is 0.650. The molecule has 2 fully saturated rings. The number of carbonyl (C=O) groups is 1. The molecule has 1 amide bonds. The molecule has 1 aliphatic carbocycles. The van der Waals surface area contributed by atoms with Gasteiger partial charge in [-0.1, -0.05) is 30.3 Å². The number of nitrogens with zero attached hydrogens (tertiary/aromatic N) is 2. The Morgan fingerprint density at radius 1 is 1.27 bits per heavy atom. The fraction of sp³-hybridized carbons (Fsp3) is 0.500. The normalized spacial score (nSPS) is 29.8. The molecular weight excluding hydrogens is 308 g/mol. The monoisotopic (exact) mass is 324 g/mol. The second-order valence-electron chi connectivity index (χ2n) is 5.77. The van der Waals surface area contributed by atoms with Crippen LogP contribution in [0.15, 0.2) is 30.3 Å². The van der Waals surface area contributed by atoms with Gasteiger partial charge in [0.15, 0.2) is 9.84 Å². The molecule has 7 nitrogen and oxygen atoms in total. The van der Waals surface area contributed by atoms with E-state index in [2.05, 4.69) is 0 Å². The van der Waals surface area contributed by atoms with Crippen molar-refractivity contribution in [3.8, 4) is 0 Å². The Kier molecular flexibility index (Phi) is 3.64. The van der Waals surface area contributed by atoms with E-state index in [1.54, 1.807) is 24.3 Å².